The summed E-state index contributed by atoms with van der Waals surface area (Å²) >= 11 is 3.28. The van der Waals surface area contributed by atoms with Gasteiger partial charge < -0.3 is 5.32 Å². The predicted octanol–water partition coefficient (Wildman–Crippen LogP) is 1.92. The lowest BCUT2D eigenvalue weighted by Crippen LogP contribution is -2.31. The quantitative estimate of drug-likeness (QED) is 0.900. The van der Waals surface area contributed by atoms with E-state index in [2.05, 4.69) is 26.2 Å². The van der Waals surface area contributed by atoms with Crippen LogP contribution in [0.5, 0.6) is 0 Å². The molecule has 1 aromatic heterocycles. The van der Waals surface area contributed by atoms with Gasteiger partial charge in [0.1, 0.15) is 4.90 Å². The van der Waals surface area contributed by atoms with Crippen molar-refractivity contribution in [1.82, 2.24) is 9.29 Å². The van der Waals surface area contributed by atoms with Crippen LogP contribution in [-0.2, 0) is 10.0 Å². The molecule has 17 heavy (non-hydrogen) atoms. The Morgan fingerprint density at radius 2 is 1.94 bits per heavy atom. The maximum Gasteiger partial charge on any atom is 0.246 e. The van der Waals surface area contributed by atoms with Crippen LogP contribution in [0.15, 0.2) is 21.8 Å². The van der Waals surface area contributed by atoms with Crippen molar-refractivity contribution in [2.75, 3.05) is 25.5 Å². The third-order valence-corrected chi connectivity index (χ3v) is 5.10. The van der Waals surface area contributed by atoms with E-state index in [0.29, 0.717) is 23.2 Å². The monoisotopic (exact) mass is 321 g/mol. The molecule has 0 saturated carbocycles. The molecule has 0 aliphatic heterocycles. The van der Waals surface area contributed by atoms with Crippen LogP contribution < -0.4 is 5.32 Å². The molecule has 1 rings (SSSR count). The lowest BCUT2D eigenvalue weighted by molar-refractivity contribution is 0.445. The SMILES string of the molecule is CCN(CC)S(=O)(=O)c1cncc(Br)c1NC. The van der Waals surface area contributed by atoms with Crippen molar-refractivity contribution >= 4 is 31.6 Å². The molecule has 0 aromatic carbocycles. The minimum Gasteiger partial charge on any atom is -0.386 e. The molecule has 0 spiro atoms. The van der Waals surface area contributed by atoms with Gasteiger partial charge in [-0.1, -0.05) is 13.8 Å². The van der Waals surface area contributed by atoms with E-state index in [4.69, 9.17) is 0 Å². The second kappa shape index (κ2) is 5.79. The number of sulfonamides is 1. The van der Waals surface area contributed by atoms with Gasteiger partial charge in [-0.15, -0.1) is 0 Å². The summed E-state index contributed by atoms with van der Waals surface area (Å²) in [6.07, 6.45) is 2.93. The van der Waals surface area contributed by atoms with E-state index in [-0.39, 0.29) is 4.90 Å². The molecule has 0 unspecified atom stereocenters. The van der Waals surface area contributed by atoms with Gasteiger partial charge in [0.05, 0.1) is 10.2 Å². The molecule has 0 saturated heterocycles. The molecule has 1 aromatic rings. The Bertz CT molecular complexity index is 486. The molecule has 0 atom stereocenters. The van der Waals surface area contributed by atoms with Gasteiger partial charge in [-0.05, 0) is 15.9 Å². The Morgan fingerprint density at radius 1 is 1.35 bits per heavy atom. The van der Waals surface area contributed by atoms with Crippen molar-refractivity contribution in [2.45, 2.75) is 18.7 Å². The Morgan fingerprint density at radius 3 is 2.41 bits per heavy atom. The zero-order chi connectivity index (χ0) is 13.1. The normalized spacial score (nSPS) is 11.8. The van der Waals surface area contributed by atoms with Gasteiger partial charge in [-0.3, -0.25) is 4.98 Å². The first-order chi connectivity index (χ1) is 7.98. The number of halogens is 1. The molecule has 0 bridgehead atoms. The van der Waals surface area contributed by atoms with E-state index in [0.717, 1.165) is 0 Å². The highest BCUT2D eigenvalue weighted by atomic mass is 79.9. The molecule has 0 radical (unpaired) electrons. The number of hydrogen-bond acceptors (Lipinski definition) is 4. The zero-order valence-corrected chi connectivity index (χ0v) is 12.5. The smallest absolute Gasteiger partial charge is 0.246 e. The van der Waals surface area contributed by atoms with Gasteiger partial charge in [0, 0.05) is 32.5 Å². The van der Waals surface area contributed by atoms with Crippen LogP contribution in [0.2, 0.25) is 0 Å². The summed E-state index contributed by atoms with van der Waals surface area (Å²) < 4.78 is 26.7. The first-order valence-corrected chi connectivity index (χ1v) is 7.53. The standard InChI is InChI=1S/C10H16BrN3O2S/c1-4-14(5-2)17(15,16)9-7-13-6-8(11)10(9)12-3/h6-7H,4-5H2,1-3H3,(H,12,13). The summed E-state index contributed by atoms with van der Waals surface area (Å²) in [5, 5.41) is 2.88. The first kappa shape index (κ1) is 14.4. The molecule has 0 aliphatic carbocycles. The first-order valence-electron chi connectivity index (χ1n) is 5.30. The molecule has 0 aliphatic rings. The van der Waals surface area contributed by atoms with E-state index in [1.807, 2.05) is 13.8 Å². The largest absolute Gasteiger partial charge is 0.386 e. The molecule has 0 fully saturated rings. The number of aromatic nitrogens is 1. The van der Waals surface area contributed by atoms with E-state index >= 15 is 0 Å². The van der Waals surface area contributed by atoms with E-state index < -0.39 is 10.0 Å². The van der Waals surface area contributed by atoms with Gasteiger partial charge in [0.2, 0.25) is 10.0 Å². The molecule has 1 N–H and O–H groups in total. The number of nitrogens with zero attached hydrogens (tertiary/aromatic N) is 2. The summed E-state index contributed by atoms with van der Waals surface area (Å²) in [4.78, 5) is 4.11. The summed E-state index contributed by atoms with van der Waals surface area (Å²) in [6, 6.07) is 0. The van der Waals surface area contributed by atoms with Crippen LogP contribution in [0.1, 0.15) is 13.8 Å². The van der Waals surface area contributed by atoms with Crippen LogP contribution in [-0.4, -0.2) is 37.8 Å². The minimum atomic E-state index is -3.49. The summed E-state index contributed by atoms with van der Waals surface area (Å²) in [5.41, 5.74) is 0.534. The topological polar surface area (TPSA) is 62.3 Å². The number of hydrogen-bond donors (Lipinski definition) is 1. The number of pyridine rings is 1. The molecular weight excluding hydrogens is 306 g/mol. The highest BCUT2D eigenvalue weighted by molar-refractivity contribution is 9.10. The Labute approximate surface area is 110 Å². The van der Waals surface area contributed by atoms with Crippen molar-refractivity contribution in [3.8, 4) is 0 Å². The number of anilines is 1. The number of nitrogens with one attached hydrogen (secondary N) is 1. The summed E-state index contributed by atoms with van der Waals surface area (Å²) in [6.45, 7) is 4.50. The van der Waals surface area contributed by atoms with Crippen LogP contribution in [0.3, 0.4) is 0 Å². The summed E-state index contributed by atoms with van der Waals surface area (Å²) in [5.74, 6) is 0. The van der Waals surface area contributed by atoms with Crippen molar-refractivity contribution in [3.63, 3.8) is 0 Å². The zero-order valence-electron chi connectivity index (χ0n) is 10.1. The predicted molar refractivity (Wildman–Crippen MR) is 71.6 cm³/mol. The molecule has 96 valence electrons. The lowest BCUT2D eigenvalue weighted by atomic mass is 10.4. The maximum atomic E-state index is 12.4. The van der Waals surface area contributed by atoms with Gasteiger partial charge in [0.25, 0.3) is 0 Å². The van der Waals surface area contributed by atoms with Crippen molar-refractivity contribution < 1.29 is 8.42 Å². The average molecular weight is 322 g/mol. The van der Waals surface area contributed by atoms with E-state index in [9.17, 15) is 8.42 Å². The van der Waals surface area contributed by atoms with Crippen molar-refractivity contribution in [1.29, 1.82) is 0 Å². The third-order valence-electron chi connectivity index (χ3n) is 2.44. The Balaban J connectivity index is 3.38. The number of rotatable bonds is 5. The molecule has 1 heterocycles. The van der Waals surface area contributed by atoms with Gasteiger partial charge in [-0.2, -0.15) is 4.31 Å². The third kappa shape index (κ3) is 2.78. The highest BCUT2D eigenvalue weighted by Crippen LogP contribution is 2.30. The highest BCUT2D eigenvalue weighted by Gasteiger charge is 2.25. The molecule has 0 amide bonds. The van der Waals surface area contributed by atoms with E-state index in [1.54, 1.807) is 13.2 Å². The fourth-order valence-corrected chi connectivity index (χ4v) is 3.84. The molecular formula is C10H16BrN3O2S. The lowest BCUT2D eigenvalue weighted by Gasteiger charge is -2.20. The van der Waals surface area contributed by atoms with Crippen molar-refractivity contribution in [2.24, 2.45) is 0 Å². The van der Waals surface area contributed by atoms with Gasteiger partial charge in [-0.25, -0.2) is 8.42 Å². The van der Waals surface area contributed by atoms with Crippen LogP contribution in [0.4, 0.5) is 5.69 Å². The Hall–Kier alpha value is -0.660. The fraction of sp³-hybridized carbons (Fsp3) is 0.500. The Kier molecular flexibility index (Phi) is 4.91. The second-order valence-electron chi connectivity index (χ2n) is 3.33. The summed E-state index contributed by atoms with van der Waals surface area (Å²) in [7, 11) is -1.81. The van der Waals surface area contributed by atoms with Crippen LogP contribution in [0, 0.1) is 0 Å². The fourth-order valence-electron chi connectivity index (χ4n) is 1.56. The molecule has 7 heteroatoms. The average Bonchev–Trinajstić information content (AvgIpc) is 2.29. The minimum absolute atomic E-state index is 0.193. The molecule has 5 nitrogen and oxygen atoms in total. The van der Waals surface area contributed by atoms with Crippen molar-refractivity contribution in [3.05, 3.63) is 16.9 Å². The second-order valence-corrected chi connectivity index (χ2v) is 6.09. The maximum absolute atomic E-state index is 12.4. The van der Waals surface area contributed by atoms with Gasteiger partial charge >= 0.3 is 0 Å². The van der Waals surface area contributed by atoms with Crippen LogP contribution in [0.25, 0.3) is 0 Å². The van der Waals surface area contributed by atoms with E-state index in [1.165, 1.54) is 10.5 Å². The van der Waals surface area contributed by atoms with Gasteiger partial charge in [0.15, 0.2) is 0 Å². The van der Waals surface area contributed by atoms with Crippen LogP contribution >= 0.6 is 15.9 Å².